The molecular weight excluding hydrogens is 1050 g/mol. The number of unbranched alkanes of at least 4 members (excludes halogenated alkanes) is 31. The first-order chi connectivity index (χ1) is 41.6. The van der Waals surface area contributed by atoms with E-state index >= 15 is 0 Å². The lowest BCUT2D eigenvalue weighted by Crippen LogP contribution is -2.40. The maximum absolute atomic E-state index is 12.9. The van der Waals surface area contributed by atoms with E-state index in [-0.39, 0.29) is 32.2 Å². The maximum Gasteiger partial charge on any atom is 0.361 e. The summed E-state index contributed by atoms with van der Waals surface area (Å²) in [5.41, 5.74) is 0. The Hall–Kier alpha value is -4.05. The third-order valence-corrected chi connectivity index (χ3v) is 15.0. The van der Waals surface area contributed by atoms with Gasteiger partial charge in [0.25, 0.3) is 6.29 Å². The molecular formula is C76H132NO8+. The van der Waals surface area contributed by atoms with Gasteiger partial charge < -0.3 is 28.5 Å². The number of rotatable bonds is 64. The Morgan fingerprint density at radius 1 is 0.365 bits per heavy atom. The van der Waals surface area contributed by atoms with Crippen LogP contribution in [0.3, 0.4) is 0 Å². The Bertz CT molecular complexity index is 1760. The number of carbonyl (C=O) groups is 3. The van der Waals surface area contributed by atoms with Gasteiger partial charge >= 0.3 is 17.9 Å². The molecule has 488 valence electrons. The smallest absolute Gasteiger partial charge is 0.361 e. The standard InChI is InChI=1S/C76H131NO8/c1-6-8-10-12-14-16-18-20-22-24-26-28-30-32-34-35-36-37-38-39-41-43-45-47-49-51-53-55-57-59-61-63-65-67-74(79)85-72(71-84-76(75(80)81)82-69-68-77(3,4)5)70-83-73(78)66-64-62-60-58-56-54-52-50-48-46-44-42-40-33-31-29-27-25-23-21-19-17-15-13-11-9-7-2/h8,10,14,16,20,22,26,28,32,34,36-37,39,41,45,47,51,53,72,76H,6-7,9,11-13,15,17-19,21,23-25,27,29-31,33,35,38,40,42-44,46,48-50,52,54-71H2,1-5H3/p+1/b10-8-,16-14-,22-20-,28-26-,34-32-,37-36-,41-39-,47-45-,53-51-. The SMILES string of the molecule is CC/C=C\C/C=C\C/C=C\C/C=C\C/C=C\C/C=C\C/C=C\C/C=C\C/C=C\CCCCCCCC(=O)OC(COC(=O)CCCCCCCCCCCCCCCCCCCCCCCCCCCCC)COC(OCC[N+](C)(C)C)C(=O)O. The van der Waals surface area contributed by atoms with Gasteiger partial charge in [-0.05, 0) is 83.5 Å². The summed E-state index contributed by atoms with van der Waals surface area (Å²) in [6.07, 6.45) is 89.1. The van der Waals surface area contributed by atoms with Crippen LogP contribution >= 0.6 is 0 Å². The number of nitrogens with zero attached hydrogens (tertiary/aromatic N) is 1. The highest BCUT2D eigenvalue weighted by molar-refractivity contribution is 5.71. The molecule has 0 saturated carbocycles. The number of hydrogen-bond acceptors (Lipinski definition) is 7. The number of carboxylic acid groups (broad SMARTS) is 1. The van der Waals surface area contributed by atoms with Gasteiger partial charge in [-0.2, -0.15) is 0 Å². The first-order valence-electron chi connectivity index (χ1n) is 35.1. The van der Waals surface area contributed by atoms with Gasteiger partial charge in [-0.1, -0.05) is 309 Å². The molecule has 0 spiro atoms. The van der Waals surface area contributed by atoms with Crippen LogP contribution in [0.5, 0.6) is 0 Å². The molecule has 0 bridgehead atoms. The number of esters is 2. The van der Waals surface area contributed by atoms with E-state index < -0.39 is 24.3 Å². The zero-order valence-corrected chi connectivity index (χ0v) is 55.7. The number of likely N-dealkylation sites (N-methyl/N-ethyl adjacent to an activating group) is 1. The summed E-state index contributed by atoms with van der Waals surface area (Å²) >= 11 is 0. The minimum Gasteiger partial charge on any atom is -0.477 e. The molecule has 0 aromatic heterocycles. The predicted molar refractivity (Wildman–Crippen MR) is 364 cm³/mol. The van der Waals surface area contributed by atoms with Gasteiger partial charge in [0.15, 0.2) is 6.10 Å². The summed E-state index contributed by atoms with van der Waals surface area (Å²) in [7, 11) is 5.97. The molecule has 9 heteroatoms. The molecule has 0 heterocycles. The van der Waals surface area contributed by atoms with Crippen molar-refractivity contribution in [3.05, 3.63) is 109 Å². The van der Waals surface area contributed by atoms with Crippen LogP contribution in [-0.4, -0.2) is 87.4 Å². The number of carbonyl (C=O) groups excluding carboxylic acids is 2. The Kier molecular flexibility index (Phi) is 62.8. The van der Waals surface area contributed by atoms with Gasteiger partial charge in [0, 0.05) is 12.8 Å². The number of allylic oxidation sites excluding steroid dienone is 18. The lowest BCUT2D eigenvalue weighted by Gasteiger charge is -2.25. The lowest BCUT2D eigenvalue weighted by atomic mass is 10.0. The topological polar surface area (TPSA) is 108 Å². The van der Waals surface area contributed by atoms with Crippen LogP contribution in [0.25, 0.3) is 0 Å². The molecule has 9 nitrogen and oxygen atoms in total. The second-order valence-corrected chi connectivity index (χ2v) is 24.5. The fraction of sp³-hybridized carbons (Fsp3) is 0.724. The van der Waals surface area contributed by atoms with Gasteiger partial charge in [0.05, 0.1) is 34.4 Å². The average molecular weight is 1190 g/mol. The highest BCUT2D eigenvalue weighted by Gasteiger charge is 2.25. The molecule has 0 amide bonds. The highest BCUT2D eigenvalue weighted by atomic mass is 16.7. The summed E-state index contributed by atoms with van der Waals surface area (Å²) in [5, 5.41) is 9.74. The molecule has 0 aliphatic rings. The third-order valence-electron chi connectivity index (χ3n) is 15.0. The lowest BCUT2D eigenvalue weighted by molar-refractivity contribution is -0.870. The highest BCUT2D eigenvalue weighted by Crippen LogP contribution is 2.18. The second kappa shape index (κ2) is 65.9. The van der Waals surface area contributed by atoms with Gasteiger partial charge in [-0.3, -0.25) is 9.59 Å². The summed E-state index contributed by atoms with van der Waals surface area (Å²) in [5.74, 6) is -2.03. The van der Waals surface area contributed by atoms with Crippen molar-refractivity contribution in [2.45, 2.75) is 309 Å². The fourth-order valence-corrected chi connectivity index (χ4v) is 9.71. The first kappa shape index (κ1) is 81.0. The van der Waals surface area contributed by atoms with Crippen LogP contribution in [0.1, 0.15) is 296 Å². The zero-order chi connectivity index (χ0) is 61.9. The van der Waals surface area contributed by atoms with Crippen molar-refractivity contribution in [1.29, 1.82) is 0 Å². The van der Waals surface area contributed by atoms with Crippen molar-refractivity contribution < 1.29 is 42.9 Å². The van der Waals surface area contributed by atoms with Crippen molar-refractivity contribution in [3.63, 3.8) is 0 Å². The normalized spacial score (nSPS) is 13.4. The van der Waals surface area contributed by atoms with Crippen LogP contribution in [0.2, 0.25) is 0 Å². The van der Waals surface area contributed by atoms with E-state index in [0.717, 1.165) is 109 Å². The van der Waals surface area contributed by atoms with E-state index in [1.807, 2.05) is 21.1 Å². The quantitative estimate of drug-likeness (QED) is 0.0211. The average Bonchev–Trinajstić information content (AvgIpc) is 3.49. The van der Waals surface area contributed by atoms with Gasteiger partial charge in [0.1, 0.15) is 13.2 Å². The number of quaternary nitrogens is 1. The molecule has 85 heavy (non-hydrogen) atoms. The Morgan fingerprint density at radius 3 is 1.00 bits per heavy atom. The van der Waals surface area contributed by atoms with Crippen LogP contribution in [0.15, 0.2) is 109 Å². The molecule has 0 fully saturated rings. The number of aliphatic carboxylic acids is 1. The Morgan fingerprint density at radius 2 is 0.671 bits per heavy atom. The number of ether oxygens (including phenoxy) is 4. The maximum atomic E-state index is 12.9. The van der Waals surface area contributed by atoms with E-state index in [0.29, 0.717) is 23.9 Å². The molecule has 0 aliphatic heterocycles. The summed E-state index contributed by atoms with van der Waals surface area (Å²) in [6, 6.07) is 0. The number of carboxylic acids is 1. The van der Waals surface area contributed by atoms with Gasteiger partial charge in [-0.25, -0.2) is 4.79 Å². The monoisotopic (exact) mass is 1190 g/mol. The molecule has 0 radical (unpaired) electrons. The van der Waals surface area contributed by atoms with Crippen LogP contribution in [0.4, 0.5) is 0 Å². The molecule has 2 unspecified atom stereocenters. The zero-order valence-electron chi connectivity index (χ0n) is 55.7. The molecule has 0 aliphatic carbocycles. The molecule has 0 aromatic rings. The first-order valence-corrected chi connectivity index (χ1v) is 35.1. The van der Waals surface area contributed by atoms with Crippen LogP contribution in [-0.2, 0) is 33.3 Å². The van der Waals surface area contributed by atoms with E-state index in [4.69, 9.17) is 18.9 Å². The van der Waals surface area contributed by atoms with E-state index in [1.165, 1.54) is 154 Å². The molecule has 0 rings (SSSR count). The molecule has 2 atom stereocenters. The van der Waals surface area contributed by atoms with Crippen molar-refractivity contribution in [2.24, 2.45) is 0 Å². The predicted octanol–water partition coefficient (Wildman–Crippen LogP) is 21.8. The third kappa shape index (κ3) is 67.3. The molecule has 1 N–H and O–H groups in total. The van der Waals surface area contributed by atoms with Gasteiger partial charge in [0.2, 0.25) is 0 Å². The Balaban J connectivity index is 4.20. The summed E-state index contributed by atoms with van der Waals surface area (Å²) in [6.45, 7) is 4.77. The second-order valence-electron chi connectivity index (χ2n) is 24.5. The summed E-state index contributed by atoms with van der Waals surface area (Å²) < 4.78 is 23.0. The van der Waals surface area contributed by atoms with E-state index in [2.05, 4.69) is 123 Å². The Labute approximate surface area is 524 Å². The minimum absolute atomic E-state index is 0.179. The largest absolute Gasteiger partial charge is 0.477 e. The summed E-state index contributed by atoms with van der Waals surface area (Å²) in [4.78, 5) is 37.6. The van der Waals surface area contributed by atoms with Crippen molar-refractivity contribution in [2.75, 3.05) is 47.5 Å². The van der Waals surface area contributed by atoms with E-state index in [1.54, 1.807) is 0 Å². The minimum atomic E-state index is -1.52. The van der Waals surface area contributed by atoms with Crippen LogP contribution in [0, 0.1) is 0 Å². The van der Waals surface area contributed by atoms with Crippen molar-refractivity contribution in [1.82, 2.24) is 0 Å². The van der Waals surface area contributed by atoms with Crippen LogP contribution < -0.4 is 0 Å². The van der Waals surface area contributed by atoms with Crippen molar-refractivity contribution in [3.8, 4) is 0 Å². The molecule has 0 aromatic carbocycles. The van der Waals surface area contributed by atoms with Gasteiger partial charge in [-0.15, -0.1) is 0 Å². The molecule has 0 saturated heterocycles. The van der Waals surface area contributed by atoms with E-state index in [9.17, 15) is 19.5 Å². The van der Waals surface area contributed by atoms with Crippen molar-refractivity contribution >= 4 is 17.9 Å². The fourth-order valence-electron chi connectivity index (χ4n) is 9.71. The number of hydrogen-bond donors (Lipinski definition) is 1.